The number of fused-ring (bicyclic) bond motifs is 5. The van der Waals surface area contributed by atoms with Crippen LogP contribution in [-0.4, -0.2) is 54.2 Å². The first-order valence-corrected chi connectivity index (χ1v) is 12.1. The topological polar surface area (TPSA) is 116 Å². The number of ether oxygens (including phenoxy) is 3. The molecule has 34 heavy (non-hydrogen) atoms. The molecule has 3 saturated carbocycles. The number of hydrogen-bond donors (Lipinski definition) is 1. The standard InChI is InChI=1S/C26H34O8/c1-5-21(30)33-14-20(29)26(34-23(31)32-4)11-9-18-17-7-6-15-12-16(27)8-10-24(15,2)22(17)19(28)13-25(18,26)3/h8,10,12,17-19,22,28H,5-7,9,11,13-14H2,1-4H3/t17-,18-,19?,22+,24-,25-,26-/m0/s1. The van der Waals surface area contributed by atoms with Gasteiger partial charge in [-0.25, -0.2) is 4.79 Å². The Morgan fingerprint density at radius 3 is 2.62 bits per heavy atom. The Labute approximate surface area is 199 Å². The van der Waals surface area contributed by atoms with Crippen molar-refractivity contribution in [3.8, 4) is 0 Å². The lowest BCUT2D eigenvalue weighted by Crippen LogP contribution is -2.63. The van der Waals surface area contributed by atoms with Gasteiger partial charge in [-0.2, -0.15) is 0 Å². The van der Waals surface area contributed by atoms with Gasteiger partial charge in [0, 0.05) is 23.2 Å². The largest absolute Gasteiger partial charge is 0.509 e. The number of hydrogen-bond acceptors (Lipinski definition) is 8. The maximum Gasteiger partial charge on any atom is 0.509 e. The van der Waals surface area contributed by atoms with E-state index in [2.05, 4.69) is 6.92 Å². The van der Waals surface area contributed by atoms with E-state index in [0.29, 0.717) is 6.42 Å². The third-order valence-electron chi connectivity index (χ3n) is 9.14. The van der Waals surface area contributed by atoms with Gasteiger partial charge in [-0.3, -0.25) is 14.4 Å². The zero-order valence-corrected chi connectivity index (χ0v) is 20.3. The SMILES string of the molecule is CCC(=O)OCC(=O)[C@@]1(OC(=O)OC)CC[C@H]2[C@@H]3CCC4=CC(=O)C=C[C@]4(C)[C@H]3C(O)C[C@@]21C. The molecule has 0 bridgehead atoms. The summed E-state index contributed by atoms with van der Waals surface area (Å²) in [7, 11) is 1.19. The Bertz CT molecular complexity index is 966. The van der Waals surface area contributed by atoms with E-state index in [1.807, 2.05) is 13.0 Å². The molecule has 4 aliphatic carbocycles. The smallest absolute Gasteiger partial charge is 0.457 e. The number of carbonyl (C=O) groups is 4. The predicted octanol–water partition coefficient (Wildman–Crippen LogP) is 3.31. The van der Waals surface area contributed by atoms with Crippen molar-refractivity contribution in [1.29, 1.82) is 0 Å². The number of Topliss-reactive ketones (excluding diaryl/α,β-unsaturated/α-hetero) is 1. The highest BCUT2D eigenvalue weighted by atomic mass is 16.7. The molecule has 1 N–H and O–H groups in total. The summed E-state index contributed by atoms with van der Waals surface area (Å²) in [6.07, 6.45) is 6.25. The number of carbonyl (C=O) groups excluding carboxylic acids is 4. The van der Waals surface area contributed by atoms with Crippen LogP contribution in [0.15, 0.2) is 23.8 Å². The van der Waals surface area contributed by atoms with Crippen LogP contribution in [0.3, 0.4) is 0 Å². The van der Waals surface area contributed by atoms with Crippen LogP contribution in [-0.2, 0) is 28.6 Å². The van der Waals surface area contributed by atoms with Gasteiger partial charge in [-0.1, -0.05) is 32.4 Å². The van der Waals surface area contributed by atoms with Gasteiger partial charge in [-0.15, -0.1) is 0 Å². The molecule has 8 heteroatoms. The van der Waals surface area contributed by atoms with Gasteiger partial charge in [0.25, 0.3) is 0 Å². The van der Waals surface area contributed by atoms with Crippen LogP contribution in [0.2, 0.25) is 0 Å². The van der Waals surface area contributed by atoms with Crippen molar-refractivity contribution >= 4 is 23.7 Å². The van der Waals surface area contributed by atoms with Gasteiger partial charge in [0.1, 0.15) is 0 Å². The maximum atomic E-state index is 13.5. The maximum absolute atomic E-state index is 13.5. The molecule has 4 rings (SSSR count). The van der Waals surface area contributed by atoms with E-state index in [0.717, 1.165) is 18.4 Å². The second-order valence-corrected chi connectivity index (χ2v) is 10.6. The molecule has 0 aliphatic heterocycles. The first kappa shape index (κ1) is 24.6. The number of methoxy groups -OCH3 is 1. The van der Waals surface area contributed by atoms with Gasteiger partial charge in [-0.05, 0) is 56.1 Å². The minimum Gasteiger partial charge on any atom is -0.457 e. The minimum atomic E-state index is -1.56. The normalized spacial score (nSPS) is 40.4. The quantitative estimate of drug-likeness (QED) is 0.604. The first-order valence-electron chi connectivity index (χ1n) is 12.1. The second-order valence-electron chi connectivity index (χ2n) is 10.6. The molecule has 0 heterocycles. The highest BCUT2D eigenvalue weighted by molar-refractivity contribution is 6.01. The molecule has 0 spiro atoms. The van der Waals surface area contributed by atoms with Crippen LogP contribution in [0.1, 0.15) is 59.3 Å². The third-order valence-corrected chi connectivity index (χ3v) is 9.14. The Hall–Kier alpha value is -2.48. The van der Waals surface area contributed by atoms with Gasteiger partial charge in [0.05, 0.1) is 13.2 Å². The van der Waals surface area contributed by atoms with Crippen LogP contribution in [0.5, 0.6) is 0 Å². The molecule has 3 fully saturated rings. The lowest BCUT2D eigenvalue weighted by Gasteiger charge is -2.59. The average Bonchev–Trinajstić information content (AvgIpc) is 3.09. The summed E-state index contributed by atoms with van der Waals surface area (Å²) in [5.41, 5.74) is -1.81. The first-order chi connectivity index (χ1) is 16.0. The van der Waals surface area contributed by atoms with E-state index < -0.39 is 47.0 Å². The Morgan fingerprint density at radius 2 is 1.94 bits per heavy atom. The molecule has 0 aromatic heterocycles. The fourth-order valence-electron chi connectivity index (χ4n) is 7.54. The summed E-state index contributed by atoms with van der Waals surface area (Å²) < 4.78 is 15.6. The molecule has 0 radical (unpaired) electrons. The summed E-state index contributed by atoms with van der Waals surface area (Å²) in [6.45, 7) is 5.12. The summed E-state index contributed by atoms with van der Waals surface area (Å²) in [5, 5.41) is 11.5. The molecule has 7 atom stereocenters. The molecule has 0 saturated heterocycles. The van der Waals surface area contributed by atoms with Crippen molar-refractivity contribution in [1.82, 2.24) is 0 Å². The number of aliphatic hydroxyl groups is 1. The van der Waals surface area contributed by atoms with Crippen LogP contribution in [0.4, 0.5) is 4.79 Å². The molecule has 0 aromatic carbocycles. The molecule has 0 aromatic rings. The average molecular weight is 475 g/mol. The molecule has 8 nitrogen and oxygen atoms in total. The lowest BCUT2D eigenvalue weighted by molar-refractivity contribution is -0.185. The highest BCUT2D eigenvalue weighted by Crippen LogP contribution is 2.67. The lowest BCUT2D eigenvalue weighted by atomic mass is 9.46. The van der Waals surface area contributed by atoms with Crippen molar-refractivity contribution in [2.75, 3.05) is 13.7 Å². The predicted molar refractivity (Wildman–Crippen MR) is 120 cm³/mol. The van der Waals surface area contributed by atoms with Crippen molar-refractivity contribution in [2.24, 2.45) is 28.6 Å². The van der Waals surface area contributed by atoms with Crippen molar-refractivity contribution in [3.05, 3.63) is 23.8 Å². The Kier molecular flexibility index (Phi) is 6.25. The second kappa shape index (κ2) is 8.63. The van der Waals surface area contributed by atoms with Crippen LogP contribution >= 0.6 is 0 Å². The summed E-state index contributed by atoms with van der Waals surface area (Å²) in [4.78, 5) is 49.6. The fourth-order valence-corrected chi connectivity index (χ4v) is 7.54. The number of esters is 1. The zero-order chi connectivity index (χ0) is 24.9. The molecule has 1 unspecified atom stereocenters. The van der Waals surface area contributed by atoms with E-state index in [1.165, 1.54) is 7.11 Å². The highest BCUT2D eigenvalue weighted by Gasteiger charge is 2.70. The van der Waals surface area contributed by atoms with Gasteiger partial charge < -0.3 is 19.3 Å². The Morgan fingerprint density at radius 1 is 1.21 bits per heavy atom. The number of ketones is 2. The third kappa shape index (κ3) is 3.53. The van der Waals surface area contributed by atoms with E-state index >= 15 is 0 Å². The zero-order valence-electron chi connectivity index (χ0n) is 20.3. The summed E-state index contributed by atoms with van der Waals surface area (Å²) in [5.74, 6) is -1.07. The molecule has 0 amide bonds. The van der Waals surface area contributed by atoms with Gasteiger partial charge in [0.15, 0.2) is 18.0 Å². The molecular weight excluding hydrogens is 440 g/mol. The van der Waals surface area contributed by atoms with E-state index in [-0.39, 0.29) is 42.8 Å². The van der Waals surface area contributed by atoms with Crippen LogP contribution in [0, 0.1) is 28.6 Å². The van der Waals surface area contributed by atoms with Crippen LogP contribution < -0.4 is 0 Å². The van der Waals surface area contributed by atoms with Crippen molar-refractivity contribution < 1.29 is 38.5 Å². The monoisotopic (exact) mass is 474 g/mol. The number of rotatable bonds is 5. The molecule has 186 valence electrons. The fraction of sp³-hybridized carbons (Fsp3) is 0.692. The van der Waals surface area contributed by atoms with Crippen molar-refractivity contribution in [2.45, 2.75) is 71.0 Å². The van der Waals surface area contributed by atoms with Crippen molar-refractivity contribution in [3.63, 3.8) is 0 Å². The Balaban J connectivity index is 1.71. The van der Waals surface area contributed by atoms with Gasteiger partial charge >= 0.3 is 12.1 Å². The molecule has 4 aliphatic rings. The van der Waals surface area contributed by atoms with E-state index in [4.69, 9.17) is 14.2 Å². The van der Waals surface area contributed by atoms with Crippen LogP contribution in [0.25, 0.3) is 0 Å². The summed E-state index contributed by atoms with van der Waals surface area (Å²) in [6, 6.07) is 0. The molecular formula is C26H34O8. The number of aliphatic hydroxyl groups excluding tert-OH is 1. The van der Waals surface area contributed by atoms with Gasteiger partial charge in [0.2, 0.25) is 5.78 Å². The van der Waals surface area contributed by atoms with E-state index in [9.17, 15) is 24.3 Å². The van der Waals surface area contributed by atoms with E-state index in [1.54, 1.807) is 19.1 Å². The minimum absolute atomic E-state index is 0.000728. The summed E-state index contributed by atoms with van der Waals surface area (Å²) >= 11 is 0. The number of allylic oxidation sites excluding steroid dienone is 4.